The molecule has 0 spiro atoms. The van der Waals surface area contributed by atoms with E-state index in [4.69, 9.17) is 4.74 Å². The van der Waals surface area contributed by atoms with Crippen molar-refractivity contribution >= 4 is 26.8 Å². The molecule has 1 aromatic heterocycles. The van der Waals surface area contributed by atoms with E-state index in [9.17, 15) is 0 Å². The molecule has 90 valence electrons. The first-order valence-electron chi connectivity index (χ1n) is 5.70. The van der Waals surface area contributed by atoms with Crippen LogP contribution in [0.4, 0.5) is 0 Å². The Labute approximate surface area is 108 Å². The zero-order valence-corrected chi connectivity index (χ0v) is 11.2. The fourth-order valence-corrected chi connectivity index (χ4v) is 2.78. The van der Waals surface area contributed by atoms with Crippen molar-refractivity contribution in [2.75, 3.05) is 19.7 Å². The zero-order chi connectivity index (χ0) is 11.8. The van der Waals surface area contributed by atoms with E-state index in [1.54, 1.807) is 0 Å². The van der Waals surface area contributed by atoms with Gasteiger partial charge >= 0.3 is 0 Å². The van der Waals surface area contributed by atoms with Gasteiger partial charge in [0.25, 0.3) is 0 Å². The van der Waals surface area contributed by atoms with Crippen LogP contribution in [0.15, 0.2) is 22.8 Å². The van der Waals surface area contributed by atoms with Crippen molar-refractivity contribution in [3.8, 4) is 0 Å². The minimum Gasteiger partial charge on any atom is -0.371 e. The van der Waals surface area contributed by atoms with Crippen LogP contribution in [0.25, 0.3) is 10.9 Å². The average Bonchev–Trinajstić information content (AvgIpc) is 2.66. The molecule has 1 fully saturated rings. The molecule has 0 aliphatic carbocycles. The first-order valence-corrected chi connectivity index (χ1v) is 6.49. The van der Waals surface area contributed by atoms with Crippen molar-refractivity contribution in [3.05, 3.63) is 28.4 Å². The standard InChI is InChI=1S/C12H14BrN3O/c1-16-10-3-2-8(6-9(10)12(13)15-16)11-7-14-4-5-17-11/h2-3,6,11,14H,4-5,7H2,1H3. The first-order chi connectivity index (χ1) is 8.25. The molecule has 4 nitrogen and oxygen atoms in total. The number of halogens is 1. The Morgan fingerprint density at radius 2 is 2.41 bits per heavy atom. The summed E-state index contributed by atoms with van der Waals surface area (Å²) in [5.41, 5.74) is 2.34. The van der Waals surface area contributed by atoms with Crippen LogP contribution in [0.5, 0.6) is 0 Å². The second kappa shape index (κ2) is 4.40. The number of ether oxygens (including phenoxy) is 1. The van der Waals surface area contributed by atoms with E-state index in [-0.39, 0.29) is 6.10 Å². The fraction of sp³-hybridized carbons (Fsp3) is 0.417. The summed E-state index contributed by atoms with van der Waals surface area (Å²) in [6.07, 6.45) is 0.153. The van der Waals surface area contributed by atoms with E-state index in [2.05, 4.69) is 44.5 Å². The first kappa shape index (κ1) is 11.2. The molecule has 0 amide bonds. The Morgan fingerprint density at radius 3 is 3.18 bits per heavy atom. The lowest BCUT2D eigenvalue weighted by Gasteiger charge is -2.24. The molecule has 0 bridgehead atoms. The summed E-state index contributed by atoms with van der Waals surface area (Å²) in [7, 11) is 1.95. The van der Waals surface area contributed by atoms with Gasteiger partial charge in [-0.15, -0.1) is 0 Å². The van der Waals surface area contributed by atoms with Crippen LogP contribution in [0.3, 0.4) is 0 Å². The van der Waals surface area contributed by atoms with Gasteiger partial charge in [0.15, 0.2) is 0 Å². The summed E-state index contributed by atoms with van der Waals surface area (Å²) in [5, 5.41) is 8.84. The predicted molar refractivity (Wildman–Crippen MR) is 70.0 cm³/mol. The number of aryl methyl sites for hydroxylation is 1. The predicted octanol–water partition coefficient (Wildman–Crippen LogP) is 2.00. The van der Waals surface area contributed by atoms with E-state index in [1.165, 1.54) is 5.56 Å². The van der Waals surface area contributed by atoms with Crippen molar-refractivity contribution in [3.63, 3.8) is 0 Å². The van der Waals surface area contributed by atoms with Crippen LogP contribution in [0, 0.1) is 0 Å². The fourth-order valence-electron chi connectivity index (χ4n) is 2.22. The summed E-state index contributed by atoms with van der Waals surface area (Å²) in [5.74, 6) is 0. The van der Waals surface area contributed by atoms with Gasteiger partial charge < -0.3 is 10.1 Å². The van der Waals surface area contributed by atoms with Crippen molar-refractivity contribution < 1.29 is 4.74 Å². The van der Waals surface area contributed by atoms with E-state index in [0.717, 1.165) is 35.2 Å². The summed E-state index contributed by atoms with van der Waals surface area (Å²) < 4.78 is 8.52. The molecule has 2 heterocycles. The third kappa shape index (κ3) is 1.99. The van der Waals surface area contributed by atoms with Crippen LogP contribution in [-0.4, -0.2) is 29.5 Å². The number of rotatable bonds is 1. The maximum atomic E-state index is 5.75. The third-order valence-electron chi connectivity index (χ3n) is 3.13. The van der Waals surface area contributed by atoms with Crippen molar-refractivity contribution in [1.29, 1.82) is 0 Å². The quantitative estimate of drug-likeness (QED) is 0.875. The number of nitrogens with one attached hydrogen (secondary N) is 1. The third-order valence-corrected chi connectivity index (χ3v) is 3.71. The number of nitrogens with zero attached hydrogens (tertiary/aromatic N) is 2. The lowest BCUT2D eigenvalue weighted by molar-refractivity contribution is 0.0278. The molecule has 1 atom stereocenters. The van der Waals surface area contributed by atoms with Crippen LogP contribution >= 0.6 is 15.9 Å². The molecule has 0 radical (unpaired) electrons. The molecule has 1 aliphatic rings. The Hall–Kier alpha value is -0.910. The lowest BCUT2D eigenvalue weighted by Crippen LogP contribution is -2.33. The Morgan fingerprint density at radius 1 is 1.53 bits per heavy atom. The monoisotopic (exact) mass is 295 g/mol. The molecule has 0 saturated carbocycles. The molecule has 17 heavy (non-hydrogen) atoms. The van der Waals surface area contributed by atoms with Gasteiger partial charge in [-0.25, -0.2) is 0 Å². The molecule has 5 heteroatoms. The van der Waals surface area contributed by atoms with Crippen LogP contribution in [0.2, 0.25) is 0 Å². The molecule has 2 aromatic rings. The number of hydrogen-bond donors (Lipinski definition) is 1. The Balaban J connectivity index is 2.03. The van der Waals surface area contributed by atoms with Gasteiger partial charge in [0.1, 0.15) is 4.60 Å². The summed E-state index contributed by atoms with van der Waals surface area (Å²) >= 11 is 3.49. The smallest absolute Gasteiger partial charge is 0.135 e. The Bertz CT molecular complexity index is 546. The molecule has 1 aliphatic heterocycles. The van der Waals surface area contributed by atoms with Crippen molar-refractivity contribution in [2.45, 2.75) is 6.10 Å². The molecule has 3 rings (SSSR count). The summed E-state index contributed by atoms with van der Waals surface area (Å²) in [6.45, 7) is 2.59. The summed E-state index contributed by atoms with van der Waals surface area (Å²) in [6, 6.07) is 6.37. The second-order valence-corrected chi connectivity index (χ2v) is 5.01. The van der Waals surface area contributed by atoms with Crippen molar-refractivity contribution in [1.82, 2.24) is 15.1 Å². The highest BCUT2D eigenvalue weighted by Crippen LogP contribution is 2.27. The minimum absolute atomic E-state index is 0.153. The maximum absolute atomic E-state index is 5.75. The second-order valence-electron chi connectivity index (χ2n) is 4.25. The van der Waals surface area contributed by atoms with E-state index >= 15 is 0 Å². The maximum Gasteiger partial charge on any atom is 0.135 e. The molecule has 1 N–H and O–H groups in total. The van der Waals surface area contributed by atoms with Gasteiger partial charge in [0, 0.05) is 25.5 Å². The van der Waals surface area contributed by atoms with Crippen molar-refractivity contribution in [2.24, 2.45) is 7.05 Å². The minimum atomic E-state index is 0.153. The van der Waals surface area contributed by atoms with E-state index in [0.29, 0.717) is 0 Å². The number of aromatic nitrogens is 2. The number of morpholine rings is 1. The number of benzene rings is 1. The van der Waals surface area contributed by atoms with Gasteiger partial charge in [0.05, 0.1) is 18.2 Å². The van der Waals surface area contributed by atoms with E-state index in [1.807, 2.05) is 11.7 Å². The molecular weight excluding hydrogens is 282 g/mol. The van der Waals surface area contributed by atoms with E-state index < -0.39 is 0 Å². The highest BCUT2D eigenvalue weighted by atomic mass is 79.9. The molecular formula is C12H14BrN3O. The Kier molecular flexibility index (Phi) is 2.90. The average molecular weight is 296 g/mol. The van der Waals surface area contributed by atoms with Crippen LogP contribution in [-0.2, 0) is 11.8 Å². The largest absolute Gasteiger partial charge is 0.371 e. The van der Waals surface area contributed by atoms with Gasteiger partial charge in [-0.2, -0.15) is 5.10 Å². The summed E-state index contributed by atoms with van der Waals surface area (Å²) in [4.78, 5) is 0. The topological polar surface area (TPSA) is 39.1 Å². The highest BCUT2D eigenvalue weighted by Gasteiger charge is 2.17. The van der Waals surface area contributed by atoms with Gasteiger partial charge in [-0.05, 0) is 33.6 Å². The number of hydrogen-bond acceptors (Lipinski definition) is 3. The van der Waals surface area contributed by atoms with Crippen LogP contribution in [0.1, 0.15) is 11.7 Å². The van der Waals surface area contributed by atoms with Gasteiger partial charge in [-0.1, -0.05) is 6.07 Å². The van der Waals surface area contributed by atoms with Gasteiger partial charge in [0.2, 0.25) is 0 Å². The van der Waals surface area contributed by atoms with Gasteiger partial charge in [-0.3, -0.25) is 4.68 Å². The molecule has 1 unspecified atom stereocenters. The number of fused-ring (bicyclic) bond motifs is 1. The van der Waals surface area contributed by atoms with Crippen LogP contribution < -0.4 is 5.32 Å². The highest BCUT2D eigenvalue weighted by molar-refractivity contribution is 9.10. The lowest BCUT2D eigenvalue weighted by atomic mass is 10.1. The normalized spacial score (nSPS) is 20.9. The molecule has 1 aromatic carbocycles. The SMILES string of the molecule is Cn1nc(Br)c2cc(C3CNCCO3)ccc21. The molecule has 1 saturated heterocycles. The zero-order valence-electron chi connectivity index (χ0n) is 9.61.